The molecule has 0 unspecified atom stereocenters. The first kappa shape index (κ1) is 21.4. The van der Waals surface area contributed by atoms with Crippen molar-refractivity contribution >= 4 is 29.4 Å². The van der Waals surface area contributed by atoms with Gasteiger partial charge in [-0.1, -0.05) is 18.2 Å². The van der Waals surface area contributed by atoms with E-state index in [1.807, 2.05) is 32.0 Å². The van der Waals surface area contributed by atoms with Crippen molar-refractivity contribution in [3.8, 4) is 11.3 Å². The van der Waals surface area contributed by atoms with E-state index >= 15 is 0 Å². The minimum Gasteiger partial charge on any atom is -0.455 e. The minimum atomic E-state index is -0.920. The van der Waals surface area contributed by atoms with E-state index < -0.39 is 16.7 Å². The molecule has 3 rings (SSSR count). The Bertz CT molecular complexity index is 1180. The highest BCUT2D eigenvalue weighted by Gasteiger charge is 2.15. The number of carbonyl (C=O) groups is 2. The van der Waals surface area contributed by atoms with Crippen LogP contribution in [0.5, 0.6) is 0 Å². The van der Waals surface area contributed by atoms with Crippen LogP contribution in [0.3, 0.4) is 0 Å². The summed E-state index contributed by atoms with van der Waals surface area (Å²) in [6, 6.07) is 13.3. The minimum absolute atomic E-state index is 0.00327. The van der Waals surface area contributed by atoms with Gasteiger partial charge in [-0.3, -0.25) is 19.7 Å². The Hall–Kier alpha value is -4.27. The van der Waals surface area contributed by atoms with Gasteiger partial charge in [-0.25, -0.2) is 5.43 Å². The predicted molar refractivity (Wildman–Crippen MR) is 116 cm³/mol. The second kappa shape index (κ2) is 9.04. The van der Waals surface area contributed by atoms with E-state index in [1.54, 1.807) is 25.1 Å². The molecule has 0 atom stereocenters. The highest BCUT2D eigenvalue weighted by molar-refractivity contribution is 6.39. The van der Waals surface area contributed by atoms with E-state index in [1.165, 1.54) is 18.3 Å². The topological polar surface area (TPSA) is 127 Å². The lowest BCUT2D eigenvalue weighted by Crippen LogP contribution is -2.32. The highest BCUT2D eigenvalue weighted by Crippen LogP contribution is 2.28. The van der Waals surface area contributed by atoms with Gasteiger partial charge in [0.1, 0.15) is 11.5 Å². The molecule has 0 aliphatic carbocycles. The Labute approximate surface area is 177 Å². The van der Waals surface area contributed by atoms with Gasteiger partial charge in [0, 0.05) is 23.4 Å². The molecule has 0 aliphatic heterocycles. The zero-order chi connectivity index (χ0) is 22.5. The van der Waals surface area contributed by atoms with Gasteiger partial charge in [0.15, 0.2) is 0 Å². The number of non-ortho nitro benzene ring substituents is 1. The van der Waals surface area contributed by atoms with Crippen LogP contribution >= 0.6 is 0 Å². The van der Waals surface area contributed by atoms with Gasteiger partial charge in [-0.05, 0) is 55.7 Å². The lowest BCUT2D eigenvalue weighted by Gasteiger charge is -2.10. The van der Waals surface area contributed by atoms with Crippen LogP contribution in [0.4, 0.5) is 11.4 Å². The number of rotatable bonds is 5. The van der Waals surface area contributed by atoms with Crippen LogP contribution in [0.15, 0.2) is 58.0 Å². The van der Waals surface area contributed by atoms with Gasteiger partial charge in [-0.15, -0.1) is 0 Å². The van der Waals surface area contributed by atoms with Crippen molar-refractivity contribution in [2.45, 2.75) is 20.8 Å². The highest BCUT2D eigenvalue weighted by atomic mass is 16.6. The summed E-state index contributed by atoms with van der Waals surface area (Å²) in [5.74, 6) is -0.927. The van der Waals surface area contributed by atoms with Crippen LogP contribution in [0.2, 0.25) is 0 Å². The number of carbonyl (C=O) groups excluding carboxylic acids is 2. The van der Waals surface area contributed by atoms with Gasteiger partial charge in [0.25, 0.3) is 5.69 Å². The van der Waals surface area contributed by atoms with Crippen molar-refractivity contribution in [2.75, 3.05) is 5.32 Å². The number of nitro groups is 1. The standard InChI is InChI=1S/C22H20N4O5/c1-13-5-4-6-14(2)20(13)24-21(27)22(28)25-23-12-17-8-10-19(31-17)18-9-7-16(26(29)30)11-15(18)3/h4-12H,1-3H3,(H,24,27)(H,25,28)/b23-12+. The summed E-state index contributed by atoms with van der Waals surface area (Å²) < 4.78 is 5.65. The molecular formula is C22H20N4O5. The third-order valence-electron chi connectivity index (χ3n) is 4.60. The number of benzene rings is 2. The van der Waals surface area contributed by atoms with Crippen molar-refractivity contribution in [1.82, 2.24) is 5.43 Å². The third-order valence-corrected chi connectivity index (χ3v) is 4.60. The summed E-state index contributed by atoms with van der Waals surface area (Å²) >= 11 is 0. The predicted octanol–water partition coefficient (Wildman–Crippen LogP) is 3.87. The van der Waals surface area contributed by atoms with Gasteiger partial charge < -0.3 is 9.73 Å². The maximum atomic E-state index is 12.1. The van der Waals surface area contributed by atoms with E-state index in [2.05, 4.69) is 15.8 Å². The molecule has 0 bridgehead atoms. The van der Waals surface area contributed by atoms with Crippen LogP contribution in [0.1, 0.15) is 22.5 Å². The number of anilines is 1. The van der Waals surface area contributed by atoms with Crippen LogP contribution in [0, 0.1) is 30.9 Å². The fraction of sp³-hybridized carbons (Fsp3) is 0.136. The number of hydrazone groups is 1. The lowest BCUT2D eigenvalue weighted by molar-refractivity contribution is -0.384. The van der Waals surface area contributed by atoms with Gasteiger partial charge in [0.2, 0.25) is 0 Å². The van der Waals surface area contributed by atoms with Crippen LogP contribution in [0.25, 0.3) is 11.3 Å². The Morgan fingerprint density at radius 3 is 2.35 bits per heavy atom. The molecule has 2 aromatic carbocycles. The zero-order valence-electron chi connectivity index (χ0n) is 17.1. The van der Waals surface area contributed by atoms with Crippen LogP contribution in [-0.2, 0) is 9.59 Å². The molecule has 0 fully saturated rings. The van der Waals surface area contributed by atoms with E-state index in [0.29, 0.717) is 28.3 Å². The first-order chi connectivity index (χ1) is 14.8. The van der Waals surface area contributed by atoms with Crippen molar-refractivity contribution in [1.29, 1.82) is 0 Å². The smallest absolute Gasteiger partial charge is 0.329 e. The molecule has 158 valence electrons. The van der Waals surface area contributed by atoms with Gasteiger partial charge in [-0.2, -0.15) is 5.10 Å². The maximum Gasteiger partial charge on any atom is 0.329 e. The fourth-order valence-electron chi connectivity index (χ4n) is 2.99. The first-order valence-corrected chi connectivity index (χ1v) is 9.32. The van der Waals surface area contributed by atoms with Crippen molar-refractivity contribution in [3.63, 3.8) is 0 Å². The SMILES string of the molecule is Cc1cc([N+](=O)[O-])ccc1-c1ccc(/C=N/NC(=O)C(=O)Nc2c(C)cccc2C)o1. The average Bonchev–Trinajstić information content (AvgIpc) is 3.19. The quantitative estimate of drug-likeness (QED) is 0.280. The molecule has 1 aromatic heterocycles. The molecule has 0 aliphatic rings. The molecule has 0 saturated carbocycles. The van der Waals surface area contributed by atoms with E-state index in [0.717, 1.165) is 11.1 Å². The van der Waals surface area contributed by atoms with Crippen LogP contribution < -0.4 is 10.7 Å². The monoisotopic (exact) mass is 420 g/mol. The molecule has 0 radical (unpaired) electrons. The number of nitrogens with zero attached hydrogens (tertiary/aromatic N) is 2. The largest absolute Gasteiger partial charge is 0.455 e. The molecule has 0 spiro atoms. The third kappa shape index (κ3) is 5.02. The summed E-state index contributed by atoms with van der Waals surface area (Å²) in [4.78, 5) is 34.5. The van der Waals surface area contributed by atoms with Gasteiger partial charge in [0.05, 0.1) is 11.1 Å². The fourth-order valence-corrected chi connectivity index (χ4v) is 2.99. The molecule has 9 heteroatoms. The average molecular weight is 420 g/mol. The lowest BCUT2D eigenvalue weighted by atomic mass is 10.1. The van der Waals surface area contributed by atoms with Gasteiger partial charge >= 0.3 is 11.8 Å². The Morgan fingerprint density at radius 2 is 1.71 bits per heavy atom. The molecule has 1 heterocycles. The Morgan fingerprint density at radius 1 is 1.00 bits per heavy atom. The number of amides is 2. The molecule has 3 aromatic rings. The zero-order valence-corrected chi connectivity index (χ0v) is 17.1. The summed E-state index contributed by atoms with van der Waals surface area (Å²) in [6.07, 6.45) is 1.26. The Balaban J connectivity index is 1.63. The van der Waals surface area contributed by atoms with E-state index in [-0.39, 0.29) is 5.69 Å². The molecular weight excluding hydrogens is 400 g/mol. The Kier molecular flexibility index (Phi) is 6.25. The molecule has 2 amide bonds. The summed E-state index contributed by atoms with van der Waals surface area (Å²) in [5.41, 5.74) is 5.80. The van der Waals surface area contributed by atoms with Crippen LogP contribution in [-0.4, -0.2) is 23.0 Å². The number of nitro benzene ring substituents is 1. The number of hydrogen-bond donors (Lipinski definition) is 2. The molecule has 9 nitrogen and oxygen atoms in total. The van der Waals surface area contributed by atoms with E-state index in [4.69, 9.17) is 4.42 Å². The van der Waals surface area contributed by atoms with E-state index in [9.17, 15) is 19.7 Å². The summed E-state index contributed by atoms with van der Waals surface area (Å²) in [6.45, 7) is 5.41. The van der Waals surface area contributed by atoms with Crippen molar-refractivity contribution in [3.05, 3.63) is 81.1 Å². The summed E-state index contributed by atoms with van der Waals surface area (Å²) in [7, 11) is 0. The number of nitrogens with one attached hydrogen (secondary N) is 2. The molecule has 2 N–H and O–H groups in total. The molecule has 31 heavy (non-hydrogen) atoms. The van der Waals surface area contributed by atoms with Crippen molar-refractivity contribution in [2.24, 2.45) is 5.10 Å². The number of aryl methyl sites for hydroxylation is 3. The van der Waals surface area contributed by atoms with Crippen molar-refractivity contribution < 1.29 is 18.9 Å². The second-order valence-electron chi connectivity index (χ2n) is 6.88. The first-order valence-electron chi connectivity index (χ1n) is 9.32. The number of hydrogen-bond acceptors (Lipinski definition) is 6. The summed E-state index contributed by atoms with van der Waals surface area (Å²) in [5, 5.41) is 17.2. The number of para-hydroxylation sites is 1. The normalized spacial score (nSPS) is 10.8. The molecule has 0 saturated heterocycles. The second-order valence-corrected chi connectivity index (χ2v) is 6.88. The number of furan rings is 1. The maximum absolute atomic E-state index is 12.1.